The number of rotatable bonds is 6. The number of alkyl halides is 3. The van der Waals surface area contributed by atoms with Crippen molar-refractivity contribution >= 4 is 23.4 Å². The van der Waals surface area contributed by atoms with Crippen LogP contribution in [0.1, 0.15) is 29.6 Å². The standard InChI is InChI=1S/C21H26F3N3O6/c1-27-15-5-4-13(8-18(28)25-11-21(22,23)24)33-17(15)9-32-16-6-3-12(7-14(16)20(27)30)26-19(29)10-31-2/h3,6-7,13,15,17H,4-5,8-11H2,1-2H3,(H,25,28)(H,26,29)/t13-,15-,17+/m0/s1. The van der Waals surface area contributed by atoms with Gasteiger partial charge in [-0.25, -0.2) is 0 Å². The molecule has 2 aliphatic rings. The second kappa shape index (κ2) is 10.4. The molecule has 9 nitrogen and oxygen atoms in total. The molecule has 0 unspecified atom stereocenters. The summed E-state index contributed by atoms with van der Waals surface area (Å²) in [6, 6.07) is 4.34. The van der Waals surface area contributed by atoms with Gasteiger partial charge in [0.05, 0.1) is 24.1 Å². The Morgan fingerprint density at radius 3 is 2.70 bits per heavy atom. The van der Waals surface area contributed by atoms with E-state index in [2.05, 4.69) is 5.32 Å². The fraction of sp³-hybridized carbons (Fsp3) is 0.571. The topological polar surface area (TPSA) is 106 Å². The predicted molar refractivity (Wildman–Crippen MR) is 110 cm³/mol. The number of carbonyl (C=O) groups is 3. The number of likely N-dealkylation sites (N-methyl/N-ethyl adjacent to an activating group) is 1. The van der Waals surface area contributed by atoms with E-state index in [9.17, 15) is 27.6 Å². The Hall–Kier alpha value is -2.86. The number of fused-ring (bicyclic) bond motifs is 2. The molecule has 0 bridgehead atoms. The van der Waals surface area contributed by atoms with Crippen molar-refractivity contribution in [1.29, 1.82) is 0 Å². The molecule has 0 aliphatic carbocycles. The summed E-state index contributed by atoms with van der Waals surface area (Å²) in [5, 5.41) is 4.48. The van der Waals surface area contributed by atoms with Crippen molar-refractivity contribution in [3.63, 3.8) is 0 Å². The van der Waals surface area contributed by atoms with Gasteiger partial charge in [0.1, 0.15) is 31.6 Å². The number of nitrogens with zero attached hydrogens (tertiary/aromatic N) is 1. The second-order valence-corrected chi connectivity index (χ2v) is 7.96. The smallest absolute Gasteiger partial charge is 0.405 e. The summed E-state index contributed by atoms with van der Waals surface area (Å²) in [7, 11) is 3.03. The number of halogens is 3. The van der Waals surface area contributed by atoms with E-state index in [-0.39, 0.29) is 43.1 Å². The normalized spacial score (nSPS) is 22.9. The molecule has 2 aliphatic heterocycles. The van der Waals surface area contributed by atoms with Crippen molar-refractivity contribution in [1.82, 2.24) is 10.2 Å². The van der Waals surface area contributed by atoms with Gasteiger partial charge in [0.15, 0.2) is 0 Å². The van der Waals surface area contributed by atoms with Gasteiger partial charge in [0.2, 0.25) is 11.8 Å². The average Bonchev–Trinajstić information content (AvgIpc) is 2.75. The van der Waals surface area contributed by atoms with Crippen LogP contribution in [0.2, 0.25) is 0 Å². The lowest BCUT2D eigenvalue weighted by atomic mass is 9.94. The molecule has 0 radical (unpaired) electrons. The maximum Gasteiger partial charge on any atom is 0.405 e. The third-order valence-corrected chi connectivity index (χ3v) is 5.47. The molecule has 3 rings (SSSR count). The molecule has 1 aromatic carbocycles. The summed E-state index contributed by atoms with van der Waals surface area (Å²) in [5.41, 5.74) is 0.697. The number of methoxy groups -OCH3 is 1. The molecule has 0 saturated carbocycles. The lowest BCUT2D eigenvalue weighted by Gasteiger charge is -2.42. The summed E-state index contributed by atoms with van der Waals surface area (Å²) in [5.74, 6) is -1.13. The first-order valence-electron chi connectivity index (χ1n) is 10.4. The molecular weight excluding hydrogens is 447 g/mol. The van der Waals surface area contributed by atoms with Gasteiger partial charge < -0.3 is 29.7 Å². The number of benzene rings is 1. The number of anilines is 1. The first kappa shape index (κ1) is 24.8. The average molecular weight is 473 g/mol. The molecule has 0 aromatic heterocycles. The Labute approximate surface area is 188 Å². The third-order valence-electron chi connectivity index (χ3n) is 5.47. The monoisotopic (exact) mass is 473 g/mol. The van der Waals surface area contributed by atoms with E-state index >= 15 is 0 Å². The predicted octanol–water partition coefficient (Wildman–Crippen LogP) is 1.72. The molecule has 1 saturated heterocycles. The van der Waals surface area contributed by atoms with Crippen LogP contribution in [0, 0.1) is 0 Å². The van der Waals surface area contributed by atoms with E-state index < -0.39 is 30.8 Å². The zero-order chi connectivity index (χ0) is 24.2. The molecule has 2 heterocycles. The molecule has 33 heavy (non-hydrogen) atoms. The molecule has 0 spiro atoms. The number of amides is 3. The van der Waals surface area contributed by atoms with E-state index in [0.717, 1.165) is 0 Å². The maximum atomic E-state index is 13.1. The van der Waals surface area contributed by atoms with Crippen molar-refractivity contribution in [2.45, 2.75) is 43.7 Å². The van der Waals surface area contributed by atoms with Gasteiger partial charge in [0, 0.05) is 19.8 Å². The van der Waals surface area contributed by atoms with Gasteiger partial charge in [-0.15, -0.1) is 0 Å². The van der Waals surface area contributed by atoms with Crippen LogP contribution in [-0.4, -0.2) is 81.0 Å². The fourth-order valence-corrected chi connectivity index (χ4v) is 3.91. The highest BCUT2D eigenvalue weighted by Crippen LogP contribution is 2.32. The van der Waals surface area contributed by atoms with Crippen LogP contribution in [0.4, 0.5) is 18.9 Å². The van der Waals surface area contributed by atoms with Gasteiger partial charge >= 0.3 is 6.18 Å². The molecule has 1 aromatic rings. The minimum Gasteiger partial charge on any atom is -0.490 e. The third kappa shape index (κ3) is 6.57. The van der Waals surface area contributed by atoms with E-state index in [4.69, 9.17) is 14.2 Å². The van der Waals surface area contributed by atoms with E-state index in [1.807, 2.05) is 5.32 Å². The number of carbonyl (C=O) groups excluding carboxylic acids is 3. The maximum absolute atomic E-state index is 13.1. The van der Waals surface area contributed by atoms with Gasteiger partial charge in [-0.05, 0) is 31.0 Å². The minimum absolute atomic E-state index is 0.0886. The van der Waals surface area contributed by atoms with E-state index in [1.165, 1.54) is 18.1 Å². The van der Waals surface area contributed by atoms with Crippen LogP contribution in [0.3, 0.4) is 0 Å². The van der Waals surface area contributed by atoms with Gasteiger partial charge in [-0.1, -0.05) is 0 Å². The number of hydrogen-bond acceptors (Lipinski definition) is 6. The lowest BCUT2D eigenvalue weighted by molar-refractivity contribution is -0.144. The molecule has 3 amide bonds. The first-order valence-corrected chi connectivity index (χ1v) is 10.4. The SMILES string of the molecule is COCC(=O)Nc1ccc2c(c1)C(=O)N(C)[C@H]1CC[C@@H](CC(=O)NCC(F)(F)F)O[C@@H]1CO2. The highest BCUT2D eigenvalue weighted by atomic mass is 19.4. The Balaban J connectivity index is 1.67. The Kier molecular flexibility index (Phi) is 7.80. The zero-order valence-electron chi connectivity index (χ0n) is 18.2. The zero-order valence-corrected chi connectivity index (χ0v) is 18.2. The van der Waals surface area contributed by atoms with Crippen molar-refractivity contribution in [2.24, 2.45) is 0 Å². The fourth-order valence-electron chi connectivity index (χ4n) is 3.91. The van der Waals surface area contributed by atoms with Gasteiger partial charge in [0.25, 0.3) is 5.91 Å². The van der Waals surface area contributed by atoms with Crippen LogP contribution in [-0.2, 0) is 19.1 Å². The van der Waals surface area contributed by atoms with Crippen LogP contribution in [0.25, 0.3) is 0 Å². The molecule has 2 N–H and O–H groups in total. The lowest BCUT2D eigenvalue weighted by Crippen LogP contribution is -2.54. The van der Waals surface area contributed by atoms with Crippen molar-refractivity contribution in [3.8, 4) is 5.75 Å². The molecule has 12 heteroatoms. The first-order chi connectivity index (χ1) is 15.6. The largest absolute Gasteiger partial charge is 0.490 e. The summed E-state index contributed by atoms with van der Waals surface area (Å²) in [6.07, 6.45) is -4.93. The highest BCUT2D eigenvalue weighted by molar-refractivity contribution is 6.00. The molecule has 182 valence electrons. The van der Waals surface area contributed by atoms with Crippen LogP contribution in [0.15, 0.2) is 18.2 Å². The summed E-state index contributed by atoms with van der Waals surface area (Å²) < 4.78 is 53.4. The van der Waals surface area contributed by atoms with Crippen molar-refractivity contribution < 1.29 is 41.8 Å². The second-order valence-electron chi connectivity index (χ2n) is 7.96. The highest BCUT2D eigenvalue weighted by Gasteiger charge is 2.39. The number of nitrogens with one attached hydrogen (secondary N) is 2. The minimum atomic E-state index is -4.48. The summed E-state index contributed by atoms with van der Waals surface area (Å²) >= 11 is 0. The summed E-state index contributed by atoms with van der Waals surface area (Å²) in [4.78, 5) is 38.3. The Morgan fingerprint density at radius 1 is 1.24 bits per heavy atom. The molecule has 1 fully saturated rings. The van der Waals surface area contributed by atoms with E-state index in [1.54, 1.807) is 19.2 Å². The van der Waals surface area contributed by atoms with Crippen molar-refractivity contribution in [3.05, 3.63) is 23.8 Å². The van der Waals surface area contributed by atoms with Gasteiger partial charge in [-0.3, -0.25) is 14.4 Å². The quantitative estimate of drug-likeness (QED) is 0.652. The Bertz CT molecular complexity index is 894. The van der Waals surface area contributed by atoms with Crippen LogP contribution in [0.5, 0.6) is 5.75 Å². The molecular formula is C21H26F3N3O6. The van der Waals surface area contributed by atoms with E-state index in [0.29, 0.717) is 24.3 Å². The molecule has 3 atom stereocenters. The van der Waals surface area contributed by atoms with Crippen LogP contribution >= 0.6 is 0 Å². The van der Waals surface area contributed by atoms with Crippen molar-refractivity contribution in [2.75, 3.05) is 39.2 Å². The Morgan fingerprint density at radius 2 is 2.00 bits per heavy atom. The number of ether oxygens (including phenoxy) is 3. The van der Waals surface area contributed by atoms with Crippen LogP contribution < -0.4 is 15.4 Å². The van der Waals surface area contributed by atoms with Gasteiger partial charge in [-0.2, -0.15) is 13.2 Å². The number of hydrogen-bond donors (Lipinski definition) is 2. The summed E-state index contributed by atoms with van der Waals surface area (Å²) in [6.45, 7) is -1.43.